The normalized spacial score (nSPS) is 27.8. The quantitative estimate of drug-likeness (QED) is 0.785. The average Bonchev–Trinajstić information content (AvgIpc) is 2.74. The van der Waals surface area contributed by atoms with Crippen molar-refractivity contribution in [1.82, 2.24) is 0 Å². The number of Topliss-reactive ketones (excluding diaryl/α,β-unsaturated/α-hetero) is 1. The van der Waals surface area contributed by atoms with Crippen molar-refractivity contribution in [1.29, 1.82) is 0 Å². The molecule has 0 spiro atoms. The first-order chi connectivity index (χ1) is 9.60. The number of aliphatic hydroxyl groups is 1. The van der Waals surface area contributed by atoms with Gasteiger partial charge < -0.3 is 9.84 Å². The van der Waals surface area contributed by atoms with Crippen LogP contribution in [0.1, 0.15) is 52.4 Å². The fraction of sp³-hybridized carbons (Fsp3) is 0.625. The largest absolute Gasteiger partial charge is 0.423 e. The summed E-state index contributed by atoms with van der Waals surface area (Å²) in [5.41, 5.74) is 1.12. The van der Waals surface area contributed by atoms with Gasteiger partial charge in [0.2, 0.25) is 0 Å². The second kappa shape index (κ2) is 6.35. The Balaban J connectivity index is 2.24. The number of cyclic esters (lactones) is 1. The number of allylic oxidation sites excluding steroid dienone is 2. The molecule has 4 nitrogen and oxygen atoms in total. The maximum Gasteiger partial charge on any atom is 0.342 e. The summed E-state index contributed by atoms with van der Waals surface area (Å²) in [6, 6.07) is 0. The molecule has 2 unspecified atom stereocenters. The van der Waals surface area contributed by atoms with E-state index in [2.05, 4.69) is 6.92 Å². The van der Waals surface area contributed by atoms with Crippen molar-refractivity contribution in [3.8, 4) is 0 Å². The van der Waals surface area contributed by atoms with Crippen LogP contribution in [0.25, 0.3) is 0 Å². The highest BCUT2D eigenvalue weighted by Gasteiger charge is 2.43. The van der Waals surface area contributed by atoms with Gasteiger partial charge in [-0.05, 0) is 31.8 Å². The van der Waals surface area contributed by atoms with Crippen molar-refractivity contribution in [3.63, 3.8) is 0 Å². The van der Waals surface area contributed by atoms with E-state index in [9.17, 15) is 14.7 Å². The Bertz CT molecular complexity index is 473. The second-order valence-corrected chi connectivity index (χ2v) is 5.45. The monoisotopic (exact) mass is 278 g/mol. The summed E-state index contributed by atoms with van der Waals surface area (Å²) in [6.45, 7) is 3.99. The van der Waals surface area contributed by atoms with Crippen molar-refractivity contribution in [2.75, 3.05) is 0 Å². The fourth-order valence-electron chi connectivity index (χ4n) is 2.90. The van der Waals surface area contributed by atoms with Crippen LogP contribution in [0.3, 0.4) is 0 Å². The first kappa shape index (κ1) is 15.0. The highest BCUT2D eigenvalue weighted by Crippen LogP contribution is 2.40. The first-order valence-electron chi connectivity index (χ1n) is 7.46. The number of ketones is 1. The van der Waals surface area contributed by atoms with Gasteiger partial charge in [0, 0.05) is 17.9 Å². The molecule has 0 radical (unpaired) electrons. The first-order valence-corrected chi connectivity index (χ1v) is 7.46. The molecule has 110 valence electrons. The summed E-state index contributed by atoms with van der Waals surface area (Å²) in [5, 5.41) is 10.3. The van der Waals surface area contributed by atoms with Crippen molar-refractivity contribution in [2.45, 2.75) is 58.5 Å². The summed E-state index contributed by atoms with van der Waals surface area (Å²) >= 11 is 0. The van der Waals surface area contributed by atoms with Gasteiger partial charge in [-0.1, -0.05) is 20.3 Å². The number of rotatable bonds is 5. The topological polar surface area (TPSA) is 63.6 Å². The van der Waals surface area contributed by atoms with E-state index in [-0.39, 0.29) is 5.78 Å². The molecule has 0 amide bonds. The molecule has 1 heterocycles. The lowest BCUT2D eigenvalue weighted by atomic mass is 9.78. The van der Waals surface area contributed by atoms with Crippen LogP contribution in [-0.4, -0.2) is 23.0 Å². The summed E-state index contributed by atoms with van der Waals surface area (Å²) in [4.78, 5) is 23.9. The van der Waals surface area contributed by atoms with Gasteiger partial charge in [0.15, 0.2) is 0 Å². The summed E-state index contributed by atoms with van der Waals surface area (Å²) in [7, 11) is 0. The Morgan fingerprint density at radius 2 is 2.15 bits per heavy atom. The number of hydrogen-bond acceptors (Lipinski definition) is 4. The van der Waals surface area contributed by atoms with Crippen LogP contribution in [0.4, 0.5) is 0 Å². The van der Waals surface area contributed by atoms with Gasteiger partial charge >= 0.3 is 5.97 Å². The lowest BCUT2D eigenvalue weighted by Gasteiger charge is -2.26. The minimum atomic E-state index is -1.00. The van der Waals surface area contributed by atoms with Crippen LogP contribution >= 0.6 is 0 Å². The van der Waals surface area contributed by atoms with Crippen LogP contribution in [-0.2, 0) is 14.3 Å². The summed E-state index contributed by atoms with van der Waals surface area (Å²) in [6.07, 6.45) is 5.17. The fourth-order valence-corrected chi connectivity index (χ4v) is 2.90. The SMILES string of the molecule is CCC/C=C1\OC(=O)C2=C1CCC(C(=O)CCC)C2O. The van der Waals surface area contributed by atoms with E-state index in [1.54, 1.807) is 0 Å². The number of ether oxygens (including phenoxy) is 1. The van der Waals surface area contributed by atoms with Crippen LogP contribution in [0.15, 0.2) is 23.0 Å². The molecule has 2 atom stereocenters. The van der Waals surface area contributed by atoms with E-state index >= 15 is 0 Å². The Labute approximate surface area is 119 Å². The minimum absolute atomic E-state index is 0.0466. The molecule has 0 aromatic heterocycles. The van der Waals surface area contributed by atoms with Crippen LogP contribution in [0.2, 0.25) is 0 Å². The zero-order valence-corrected chi connectivity index (χ0v) is 12.1. The molecule has 20 heavy (non-hydrogen) atoms. The second-order valence-electron chi connectivity index (χ2n) is 5.45. The molecule has 0 aromatic carbocycles. The Kier molecular flexibility index (Phi) is 4.76. The third-order valence-electron chi connectivity index (χ3n) is 3.96. The highest BCUT2D eigenvalue weighted by molar-refractivity contribution is 5.97. The molecule has 2 aliphatic rings. The molecule has 1 aliphatic carbocycles. The maximum absolute atomic E-state index is 12.0. The highest BCUT2D eigenvalue weighted by atomic mass is 16.5. The molecule has 1 N–H and O–H groups in total. The number of esters is 1. The molecule has 0 saturated carbocycles. The van der Waals surface area contributed by atoms with Crippen LogP contribution in [0, 0.1) is 5.92 Å². The van der Waals surface area contributed by atoms with E-state index in [1.165, 1.54) is 0 Å². The van der Waals surface area contributed by atoms with E-state index < -0.39 is 18.0 Å². The van der Waals surface area contributed by atoms with Crippen molar-refractivity contribution in [3.05, 3.63) is 23.0 Å². The lowest BCUT2D eigenvalue weighted by Crippen LogP contribution is -2.34. The number of carbonyl (C=O) groups is 2. The van der Waals surface area contributed by atoms with E-state index in [0.717, 1.165) is 24.8 Å². The third kappa shape index (κ3) is 2.70. The Morgan fingerprint density at radius 1 is 1.40 bits per heavy atom. The summed E-state index contributed by atoms with van der Waals surface area (Å²) in [5.74, 6) is -0.298. The number of unbranched alkanes of at least 4 members (excludes halogenated alkanes) is 1. The molecule has 0 saturated heterocycles. The Morgan fingerprint density at radius 3 is 2.80 bits per heavy atom. The van der Waals surface area contributed by atoms with Gasteiger partial charge in [0.25, 0.3) is 0 Å². The van der Waals surface area contributed by atoms with E-state index in [0.29, 0.717) is 30.6 Å². The van der Waals surface area contributed by atoms with E-state index in [4.69, 9.17) is 4.74 Å². The van der Waals surface area contributed by atoms with Gasteiger partial charge in [-0.15, -0.1) is 0 Å². The smallest absolute Gasteiger partial charge is 0.342 e. The van der Waals surface area contributed by atoms with Crippen molar-refractivity contribution >= 4 is 11.8 Å². The minimum Gasteiger partial charge on any atom is -0.423 e. The van der Waals surface area contributed by atoms with Gasteiger partial charge in [-0.25, -0.2) is 4.79 Å². The zero-order valence-electron chi connectivity index (χ0n) is 12.1. The standard InChI is InChI=1S/C16H22O4/c1-3-5-7-13-11-9-8-10(12(17)6-4-2)15(18)14(11)16(19)20-13/h7,10,15,18H,3-6,8-9H2,1-2H3/b13-7-. The zero-order chi connectivity index (χ0) is 14.7. The number of aliphatic hydroxyl groups excluding tert-OH is 1. The van der Waals surface area contributed by atoms with Crippen molar-refractivity contribution in [2.24, 2.45) is 5.92 Å². The predicted molar refractivity (Wildman–Crippen MR) is 74.8 cm³/mol. The Hall–Kier alpha value is -1.42. The predicted octanol–water partition coefficient (Wildman–Crippen LogP) is 2.66. The van der Waals surface area contributed by atoms with Gasteiger partial charge in [0.05, 0.1) is 11.7 Å². The average molecular weight is 278 g/mol. The van der Waals surface area contributed by atoms with E-state index in [1.807, 2.05) is 13.0 Å². The third-order valence-corrected chi connectivity index (χ3v) is 3.96. The maximum atomic E-state index is 12.0. The molecule has 0 aromatic rings. The molecular formula is C16H22O4. The van der Waals surface area contributed by atoms with Gasteiger partial charge in [0.1, 0.15) is 11.5 Å². The molecule has 2 rings (SSSR count). The van der Waals surface area contributed by atoms with Gasteiger partial charge in [-0.3, -0.25) is 4.79 Å². The molecular weight excluding hydrogens is 256 g/mol. The van der Waals surface area contributed by atoms with Crippen LogP contribution < -0.4 is 0 Å². The van der Waals surface area contributed by atoms with Crippen LogP contribution in [0.5, 0.6) is 0 Å². The molecule has 0 fully saturated rings. The molecule has 4 heteroatoms. The molecule has 1 aliphatic heterocycles. The lowest BCUT2D eigenvalue weighted by molar-refractivity contribution is -0.135. The van der Waals surface area contributed by atoms with Gasteiger partial charge in [-0.2, -0.15) is 0 Å². The number of carbonyl (C=O) groups excluding carboxylic acids is 2. The number of hydrogen-bond donors (Lipinski definition) is 1. The van der Waals surface area contributed by atoms with Crippen molar-refractivity contribution < 1.29 is 19.4 Å². The summed E-state index contributed by atoms with van der Waals surface area (Å²) < 4.78 is 5.25. The molecule has 0 bridgehead atoms.